The van der Waals surface area contributed by atoms with Crippen molar-refractivity contribution >= 4 is 21.7 Å². The Balaban J connectivity index is 1.70. The van der Waals surface area contributed by atoms with Gasteiger partial charge in [-0.15, -0.1) is 0 Å². The summed E-state index contributed by atoms with van der Waals surface area (Å²) in [6, 6.07) is 15.0. The molecule has 0 aliphatic rings. The summed E-state index contributed by atoms with van der Waals surface area (Å²) < 4.78 is 40.5. The number of aromatic nitrogens is 3. The van der Waals surface area contributed by atoms with Crippen molar-refractivity contribution in [2.45, 2.75) is 59.1 Å². The molecule has 4 aromatic rings. The van der Waals surface area contributed by atoms with Gasteiger partial charge in [0.2, 0.25) is 0 Å². The molecular formula is C29H35N5O4S. The van der Waals surface area contributed by atoms with Gasteiger partial charge >= 0.3 is 0 Å². The van der Waals surface area contributed by atoms with E-state index in [2.05, 4.69) is 37.7 Å². The van der Waals surface area contributed by atoms with Crippen molar-refractivity contribution in [3.8, 4) is 11.1 Å². The number of hydrogen-bond acceptors (Lipinski definition) is 8. The number of anilines is 2. The highest BCUT2D eigenvalue weighted by Gasteiger charge is 2.23. The number of aryl methyl sites for hydroxylation is 3. The maximum Gasteiger partial charge on any atom is 0.263 e. The number of hydrogen-bond donors (Lipinski definition) is 1. The first kappa shape index (κ1) is 28.3. The number of ether oxygens (including phenoxy) is 1. The van der Waals surface area contributed by atoms with E-state index in [9.17, 15) is 8.42 Å². The summed E-state index contributed by atoms with van der Waals surface area (Å²) in [5.74, 6) is 2.34. The Morgan fingerprint density at radius 2 is 1.77 bits per heavy atom. The first-order valence-corrected chi connectivity index (χ1v) is 14.4. The third-order valence-electron chi connectivity index (χ3n) is 6.54. The molecule has 0 spiro atoms. The molecular weight excluding hydrogens is 514 g/mol. The number of nitrogens with zero attached hydrogens (tertiary/aromatic N) is 4. The zero-order valence-corrected chi connectivity index (χ0v) is 24.1. The molecule has 0 fully saturated rings. The summed E-state index contributed by atoms with van der Waals surface area (Å²) in [5.41, 5.74) is 4.96. The molecule has 0 bridgehead atoms. The minimum absolute atomic E-state index is 0.149. The second-order valence-corrected chi connectivity index (χ2v) is 11.1. The van der Waals surface area contributed by atoms with Crippen LogP contribution in [0.1, 0.15) is 47.8 Å². The normalized spacial score (nSPS) is 11.5. The van der Waals surface area contributed by atoms with Crippen molar-refractivity contribution in [1.82, 2.24) is 15.1 Å². The molecule has 0 unspecified atom stereocenters. The highest BCUT2D eigenvalue weighted by molar-refractivity contribution is 7.92. The zero-order valence-electron chi connectivity index (χ0n) is 23.3. The van der Waals surface area contributed by atoms with Crippen LogP contribution in [0.3, 0.4) is 0 Å². The lowest BCUT2D eigenvalue weighted by Crippen LogP contribution is -2.19. The van der Waals surface area contributed by atoms with Gasteiger partial charge in [-0.05, 0) is 56.9 Å². The van der Waals surface area contributed by atoms with Crippen molar-refractivity contribution in [2.75, 3.05) is 23.3 Å². The molecule has 4 rings (SSSR count). The Hall–Kier alpha value is -3.76. The van der Waals surface area contributed by atoms with E-state index in [1.54, 1.807) is 26.0 Å². The molecule has 206 valence electrons. The van der Waals surface area contributed by atoms with E-state index in [1.807, 2.05) is 51.2 Å². The predicted octanol–water partition coefficient (Wildman–Crippen LogP) is 5.59. The molecule has 2 heterocycles. The van der Waals surface area contributed by atoms with Crippen molar-refractivity contribution in [2.24, 2.45) is 0 Å². The van der Waals surface area contributed by atoms with E-state index in [1.165, 1.54) is 0 Å². The van der Waals surface area contributed by atoms with E-state index in [0.717, 1.165) is 40.4 Å². The molecule has 10 heteroatoms. The predicted molar refractivity (Wildman–Crippen MR) is 152 cm³/mol. The van der Waals surface area contributed by atoms with Gasteiger partial charge in [-0.3, -0.25) is 4.72 Å². The Morgan fingerprint density at radius 3 is 2.46 bits per heavy atom. The van der Waals surface area contributed by atoms with Crippen LogP contribution >= 0.6 is 0 Å². The molecule has 0 aliphatic heterocycles. The molecule has 0 saturated carbocycles. The number of nitrogens with one attached hydrogen (secondary N) is 1. The van der Waals surface area contributed by atoms with Crippen LogP contribution in [0.4, 0.5) is 11.6 Å². The molecule has 39 heavy (non-hydrogen) atoms. The van der Waals surface area contributed by atoms with Crippen LogP contribution in [-0.2, 0) is 34.3 Å². The summed E-state index contributed by atoms with van der Waals surface area (Å²) >= 11 is 0. The van der Waals surface area contributed by atoms with Crippen molar-refractivity contribution in [1.29, 1.82) is 0 Å². The fourth-order valence-corrected chi connectivity index (χ4v) is 5.58. The van der Waals surface area contributed by atoms with Crippen LogP contribution in [0.5, 0.6) is 0 Å². The summed E-state index contributed by atoms with van der Waals surface area (Å²) in [7, 11) is -1.95. The minimum Gasteiger partial charge on any atom is -0.377 e. The highest BCUT2D eigenvalue weighted by Crippen LogP contribution is 2.33. The number of rotatable bonds is 11. The smallest absolute Gasteiger partial charge is 0.263 e. The van der Waals surface area contributed by atoms with Crippen LogP contribution in [-0.4, -0.2) is 37.2 Å². The molecule has 0 amide bonds. The van der Waals surface area contributed by atoms with E-state index in [0.29, 0.717) is 36.6 Å². The van der Waals surface area contributed by atoms with Crippen molar-refractivity contribution < 1.29 is 17.7 Å². The van der Waals surface area contributed by atoms with Crippen LogP contribution in [0, 0.1) is 20.8 Å². The zero-order chi connectivity index (χ0) is 28.2. The van der Waals surface area contributed by atoms with E-state index < -0.39 is 10.0 Å². The standard InChI is InChI=1S/C29H35N5O4S/c1-7-24-16-28(31-21(5)30-24)34(6)17-22-13-14-25(23(15-22)18-37-8-2)26-11-9-10-12-27(26)39(35,36)33-29-19(3)20(4)38-32-29/h9-16H,7-8,17-18H2,1-6H3,(H,32,33). The van der Waals surface area contributed by atoms with E-state index in [-0.39, 0.29) is 10.7 Å². The van der Waals surface area contributed by atoms with Crippen molar-refractivity contribution in [3.63, 3.8) is 0 Å². The summed E-state index contributed by atoms with van der Waals surface area (Å²) in [4.78, 5) is 11.3. The van der Waals surface area contributed by atoms with Crippen LogP contribution in [0.2, 0.25) is 0 Å². The first-order valence-electron chi connectivity index (χ1n) is 12.9. The van der Waals surface area contributed by atoms with Crippen LogP contribution in [0.15, 0.2) is 57.9 Å². The van der Waals surface area contributed by atoms with Gasteiger partial charge in [0.1, 0.15) is 17.4 Å². The van der Waals surface area contributed by atoms with Gasteiger partial charge in [0.25, 0.3) is 10.0 Å². The maximum atomic E-state index is 13.5. The molecule has 9 nitrogen and oxygen atoms in total. The molecule has 0 aliphatic carbocycles. The average molecular weight is 550 g/mol. The fraction of sp³-hybridized carbons (Fsp3) is 0.345. The van der Waals surface area contributed by atoms with E-state index >= 15 is 0 Å². The Kier molecular flexibility index (Phi) is 8.66. The van der Waals surface area contributed by atoms with Gasteiger partial charge in [-0.25, -0.2) is 18.4 Å². The SMILES string of the molecule is CCOCc1cc(CN(C)c2cc(CC)nc(C)n2)ccc1-c1ccccc1S(=O)(=O)Nc1noc(C)c1C. The monoisotopic (exact) mass is 549 g/mol. The van der Waals surface area contributed by atoms with Gasteiger partial charge in [0.05, 0.1) is 11.5 Å². The van der Waals surface area contributed by atoms with Gasteiger partial charge in [0.15, 0.2) is 5.82 Å². The largest absolute Gasteiger partial charge is 0.377 e. The molecule has 2 aromatic carbocycles. The van der Waals surface area contributed by atoms with Gasteiger partial charge in [-0.2, -0.15) is 0 Å². The van der Waals surface area contributed by atoms with E-state index in [4.69, 9.17) is 9.26 Å². The Labute approximate surface area is 230 Å². The van der Waals surface area contributed by atoms with Gasteiger partial charge in [0, 0.05) is 43.1 Å². The molecule has 1 N–H and O–H groups in total. The lowest BCUT2D eigenvalue weighted by molar-refractivity contribution is 0.134. The number of sulfonamides is 1. The molecule has 0 saturated heterocycles. The quantitative estimate of drug-likeness (QED) is 0.258. The Morgan fingerprint density at radius 1 is 1.00 bits per heavy atom. The highest BCUT2D eigenvalue weighted by atomic mass is 32.2. The van der Waals surface area contributed by atoms with Crippen LogP contribution < -0.4 is 9.62 Å². The fourth-order valence-electron chi connectivity index (χ4n) is 4.30. The topological polar surface area (TPSA) is 110 Å². The Bertz CT molecular complexity index is 1570. The number of benzene rings is 2. The lowest BCUT2D eigenvalue weighted by Gasteiger charge is -2.21. The lowest BCUT2D eigenvalue weighted by atomic mass is 9.97. The molecule has 0 atom stereocenters. The second kappa shape index (κ2) is 12.0. The summed E-state index contributed by atoms with van der Waals surface area (Å²) in [6.07, 6.45) is 0.838. The molecule has 0 radical (unpaired) electrons. The summed E-state index contributed by atoms with van der Waals surface area (Å²) in [5, 5.41) is 3.87. The maximum absolute atomic E-state index is 13.5. The average Bonchev–Trinajstić information content (AvgIpc) is 3.23. The third-order valence-corrected chi connectivity index (χ3v) is 7.93. The van der Waals surface area contributed by atoms with Crippen LogP contribution in [0.25, 0.3) is 11.1 Å². The van der Waals surface area contributed by atoms with Gasteiger partial charge < -0.3 is 14.2 Å². The second-order valence-electron chi connectivity index (χ2n) is 9.42. The van der Waals surface area contributed by atoms with Crippen molar-refractivity contribution in [3.05, 3.63) is 82.5 Å². The third kappa shape index (κ3) is 6.46. The minimum atomic E-state index is -3.95. The van der Waals surface area contributed by atoms with Gasteiger partial charge in [-0.1, -0.05) is 48.5 Å². The molecule has 2 aromatic heterocycles. The first-order chi connectivity index (χ1) is 18.6. The summed E-state index contributed by atoms with van der Waals surface area (Å²) in [6.45, 7) is 10.9.